The molecule has 7 nitrogen and oxygen atoms in total. The number of rotatable bonds is 8. The molecule has 1 heterocycles. The van der Waals surface area contributed by atoms with Crippen molar-refractivity contribution in [3.8, 4) is 11.5 Å². The molecule has 1 amide bonds. The van der Waals surface area contributed by atoms with Gasteiger partial charge in [-0.25, -0.2) is 0 Å². The van der Waals surface area contributed by atoms with E-state index in [0.717, 1.165) is 10.0 Å². The Morgan fingerprint density at radius 1 is 1.32 bits per heavy atom. The zero-order valence-electron chi connectivity index (χ0n) is 14.4. The molecule has 0 spiro atoms. The van der Waals surface area contributed by atoms with Gasteiger partial charge in [0.05, 0.1) is 26.2 Å². The fraction of sp³-hybridized carbons (Fsp3) is 0.438. The molecule has 2 N–H and O–H groups in total. The van der Waals surface area contributed by atoms with Crippen LogP contribution in [0, 0.1) is 4.77 Å². The molecule has 0 aliphatic heterocycles. The largest absolute Gasteiger partial charge is 0.490 e. The maximum absolute atomic E-state index is 12.3. The van der Waals surface area contributed by atoms with Crippen LogP contribution >= 0.6 is 28.1 Å². The maximum atomic E-state index is 12.3. The summed E-state index contributed by atoms with van der Waals surface area (Å²) in [5.74, 6) is 1.83. The summed E-state index contributed by atoms with van der Waals surface area (Å²) in [5.41, 5.74) is 0.819. The van der Waals surface area contributed by atoms with Gasteiger partial charge in [0.1, 0.15) is 0 Å². The van der Waals surface area contributed by atoms with Gasteiger partial charge in [0.2, 0.25) is 5.91 Å². The Hall–Kier alpha value is -1.87. The molecule has 0 unspecified atom stereocenters. The number of H-pyrrole nitrogens is 1. The molecule has 2 rings (SSSR count). The molecule has 136 valence electrons. The van der Waals surface area contributed by atoms with Gasteiger partial charge < -0.3 is 19.4 Å². The monoisotopic (exact) mass is 428 g/mol. The van der Waals surface area contributed by atoms with Crippen LogP contribution in [0.4, 0.5) is 0 Å². The third kappa shape index (κ3) is 5.05. The van der Waals surface area contributed by atoms with E-state index in [4.69, 9.17) is 21.7 Å². The van der Waals surface area contributed by atoms with Crippen LogP contribution in [0.1, 0.15) is 25.2 Å². The highest BCUT2D eigenvalue weighted by atomic mass is 79.9. The second kappa shape index (κ2) is 9.00. The fourth-order valence-electron chi connectivity index (χ4n) is 2.20. The molecule has 0 atom stereocenters. The molecule has 0 fully saturated rings. The van der Waals surface area contributed by atoms with Gasteiger partial charge in [-0.2, -0.15) is 5.10 Å². The number of aromatic nitrogens is 3. The van der Waals surface area contributed by atoms with E-state index in [2.05, 4.69) is 31.4 Å². The number of nitrogens with zero attached hydrogens (tertiary/aromatic N) is 2. The number of carbonyl (C=O) groups is 1. The lowest BCUT2D eigenvalue weighted by Crippen LogP contribution is -2.26. The molecule has 1 aromatic heterocycles. The zero-order valence-corrected chi connectivity index (χ0v) is 16.8. The first-order valence-corrected chi connectivity index (χ1v) is 9.11. The van der Waals surface area contributed by atoms with Crippen molar-refractivity contribution in [2.24, 2.45) is 7.05 Å². The van der Waals surface area contributed by atoms with Gasteiger partial charge in [-0.05, 0) is 43.8 Å². The van der Waals surface area contributed by atoms with Gasteiger partial charge in [0.15, 0.2) is 22.1 Å². The van der Waals surface area contributed by atoms with Crippen LogP contribution in [0.25, 0.3) is 0 Å². The number of hydrogen-bond donors (Lipinski definition) is 2. The standard InChI is InChI=1S/C16H21BrN4O3S/c1-4-23-12-6-10(11(17)8-13(12)24-5-2)7-15(22)18-9-14-19-20-16(25)21(14)3/h6,8H,4-5,7,9H2,1-3H3,(H,18,22)(H,20,25). The Bertz CT molecular complexity index is 803. The van der Waals surface area contributed by atoms with Gasteiger partial charge in [0, 0.05) is 11.5 Å². The van der Waals surface area contributed by atoms with Gasteiger partial charge >= 0.3 is 0 Å². The highest BCUT2D eigenvalue weighted by molar-refractivity contribution is 9.10. The quantitative estimate of drug-likeness (QED) is 0.631. The predicted octanol–water partition coefficient (Wildman–Crippen LogP) is 2.90. The number of carbonyl (C=O) groups excluding carboxylic acids is 1. The highest BCUT2D eigenvalue weighted by Crippen LogP contribution is 2.34. The average molecular weight is 429 g/mol. The van der Waals surface area contributed by atoms with Crippen molar-refractivity contribution < 1.29 is 14.3 Å². The number of ether oxygens (including phenoxy) is 2. The first-order chi connectivity index (χ1) is 12.0. The second-order valence-corrected chi connectivity index (χ2v) is 6.45. The van der Waals surface area contributed by atoms with Crippen molar-refractivity contribution in [2.75, 3.05) is 13.2 Å². The molecule has 0 bridgehead atoms. The summed E-state index contributed by atoms with van der Waals surface area (Å²) < 4.78 is 14.2. The van der Waals surface area contributed by atoms with Gasteiger partial charge in [0.25, 0.3) is 0 Å². The Kier molecular flexibility index (Phi) is 7.01. The molecular formula is C16H21BrN4O3S. The van der Waals surface area contributed by atoms with Crippen LogP contribution < -0.4 is 14.8 Å². The van der Waals surface area contributed by atoms with Crippen molar-refractivity contribution in [3.63, 3.8) is 0 Å². The number of benzene rings is 1. The lowest BCUT2D eigenvalue weighted by Gasteiger charge is -2.14. The number of halogens is 1. The van der Waals surface area contributed by atoms with Crippen molar-refractivity contribution in [2.45, 2.75) is 26.8 Å². The highest BCUT2D eigenvalue weighted by Gasteiger charge is 2.14. The molecule has 9 heteroatoms. The maximum Gasteiger partial charge on any atom is 0.224 e. The van der Waals surface area contributed by atoms with E-state index in [9.17, 15) is 4.79 Å². The van der Waals surface area contributed by atoms with Crippen LogP contribution in [-0.4, -0.2) is 33.9 Å². The minimum absolute atomic E-state index is 0.124. The van der Waals surface area contributed by atoms with E-state index in [-0.39, 0.29) is 12.3 Å². The minimum Gasteiger partial charge on any atom is -0.490 e. The minimum atomic E-state index is -0.124. The summed E-state index contributed by atoms with van der Waals surface area (Å²) in [6.07, 6.45) is 0.210. The summed E-state index contributed by atoms with van der Waals surface area (Å²) in [4.78, 5) is 12.3. The second-order valence-electron chi connectivity index (χ2n) is 5.21. The van der Waals surface area contributed by atoms with E-state index in [1.807, 2.05) is 26.0 Å². The van der Waals surface area contributed by atoms with E-state index < -0.39 is 0 Å². The fourth-order valence-corrected chi connectivity index (χ4v) is 2.81. The molecule has 25 heavy (non-hydrogen) atoms. The van der Waals surface area contributed by atoms with Gasteiger partial charge in [-0.15, -0.1) is 0 Å². The number of nitrogens with one attached hydrogen (secondary N) is 2. The Labute approximate surface area is 159 Å². The number of amides is 1. The van der Waals surface area contributed by atoms with Crippen molar-refractivity contribution in [1.82, 2.24) is 20.1 Å². The third-order valence-corrected chi connectivity index (χ3v) is 4.58. The van der Waals surface area contributed by atoms with E-state index in [1.54, 1.807) is 11.6 Å². The van der Waals surface area contributed by atoms with E-state index in [0.29, 0.717) is 41.9 Å². The van der Waals surface area contributed by atoms with Crippen LogP contribution in [-0.2, 0) is 24.8 Å². The van der Waals surface area contributed by atoms with Crippen molar-refractivity contribution >= 4 is 34.1 Å². The number of aromatic amines is 1. The summed E-state index contributed by atoms with van der Waals surface area (Å²) in [5, 5.41) is 9.59. The normalized spacial score (nSPS) is 10.6. The Balaban J connectivity index is 2.07. The molecule has 1 aromatic carbocycles. The Morgan fingerprint density at radius 3 is 2.52 bits per heavy atom. The van der Waals surface area contributed by atoms with Gasteiger partial charge in [-0.1, -0.05) is 15.9 Å². The summed E-state index contributed by atoms with van der Waals surface area (Å²) in [6.45, 7) is 5.18. The summed E-state index contributed by atoms with van der Waals surface area (Å²) in [6, 6.07) is 3.66. The molecule has 2 aromatic rings. The van der Waals surface area contributed by atoms with Crippen LogP contribution in [0.5, 0.6) is 11.5 Å². The van der Waals surface area contributed by atoms with Crippen molar-refractivity contribution in [1.29, 1.82) is 0 Å². The topological polar surface area (TPSA) is 81.2 Å². The molecular weight excluding hydrogens is 408 g/mol. The van der Waals surface area contributed by atoms with Crippen LogP contribution in [0.2, 0.25) is 0 Å². The smallest absolute Gasteiger partial charge is 0.224 e. The first kappa shape index (κ1) is 19.5. The van der Waals surface area contributed by atoms with E-state index in [1.165, 1.54) is 0 Å². The third-order valence-electron chi connectivity index (χ3n) is 3.48. The van der Waals surface area contributed by atoms with E-state index >= 15 is 0 Å². The van der Waals surface area contributed by atoms with Crippen molar-refractivity contribution in [3.05, 3.63) is 32.8 Å². The zero-order chi connectivity index (χ0) is 18.4. The SMILES string of the molecule is CCOc1cc(Br)c(CC(=O)NCc2n[nH]c(=S)n2C)cc1OCC. The first-order valence-electron chi connectivity index (χ1n) is 7.91. The summed E-state index contributed by atoms with van der Waals surface area (Å²) in [7, 11) is 1.80. The van der Waals surface area contributed by atoms with Crippen LogP contribution in [0.3, 0.4) is 0 Å². The molecule has 0 aliphatic carbocycles. The molecule has 0 saturated carbocycles. The van der Waals surface area contributed by atoms with Gasteiger partial charge in [-0.3, -0.25) is 9.89 Å². The van der Waals surface area contributed by atoms with Crippen LogP contribution in [0.15, 0.2) is 16.6 Å². The lowest BCUT2D eigenvalue weighted by atomic mass is 10.1. The average Bonchev–Trinajstić information content (AvgIpc) is 2.89. The molecule has 0 saturated heterocycles. The summed E-state index contributed by atoms with van der Waals surface area (Å²) >= 11 is 8.54. The molecule has 0 aliphatic rings. The predicted molar refractivity (Wildman–Crippen MR) is 100 cm³/mol. The lowest BCUT2D eigenvalue weighted by molar-refractivity contribution is -0.120. The molecule has 0 radical (unpaired) electrons. The number of hydrogen-bond acceptors (Lipinski definition) is 5. The Morgan fingerprint density at radius 2 is 1.96 bits per heavy atom.